The van der Waals surface area contributed by atoms with Gasteiger partial charge in [-0.2, -0.15) is 0 Å². The van der Waals surface area contributed by atoms with Crippen LogP contribution in [-0.2, 0) is 4.79 Å². The first-order chi connectivity index (χ1) is 10.1. The molecule has 106 valence electrons. The molecule has 1 amide bonds. The lowest BCUT2D eigenvalue weighted by Crippen LogP contribution is -2.26. The van der Waals surface area contributed by atoms with Gasteiger partial charge in [0.05, 0.1) is 5.69 Å². The second-order valence-corrected chi connectivity index (χ2v) is 4.91. The summed E-state index contributed by atoms with van der Waals surface area (Å²) in [5.74, 6) is -0.651. The van der Waals surface area contributed by atoms with Gasteiger partial charge < -0.3 is 10.1 Å². The molecule has 0 unspecified atom stereocenters. The molecule has 0 saturated carbocycles. The molecule has 0 atom stereocenters. The molecule has 2 aromatic carbocycles. The summed E-state index contributed by atoms with van der Waals surface area (Å²) in [7, 11) is 0. The van der Waals surface area contributed by atoms with Crippen molar-refractivity contribution in [1.82, 2.24) is 0 Å². The minimum atomic E-state index is -0.475. The fourth-order valence-electron chi connectivity index (χ4n) is 2.23. The topological polar surface area (TPSA) is 38.3 Å². The highest BCUT2D eigenvalue weighted by molar-refractivity contribution is 5.96. The van der Waals surface area contributed by atoms with E-state index in [9.17, 15) is 9.18 Å². The number of rotatable bonds is 2. The Labute approximate surface area is 122 Å². The summed E-state index contributed by atoms with van der Waals surface area (Å²) >= 11 is 0. The lowest BCUT2D eigenvalue weighted by molar-refractivity contribution is -0.118. The quantitative estimate of drug-likeness (QED) is 0.855. The molecule has 0 fully saturated rings. The lowest BCUT2D eigenvalue weighted by Gasteiger charge is -2.18. The zero-order valence-electron chi connectivity index (χ0n) is 11.5. The number of carbonyl (C=O) groups is 1. The molecule has 2 aromatic rings. The van der Waals surface area contributed by atoms with E-state index in [-0.39, 0.29) is 18.3 Å². The molecule has 1 heterocycles. The molecule has 21 heavy (non-hydrogen) atoms. The zero-order valence-corrected chi connectivity index (χ0v) is 11.5. The molecule has 0 saturated heterocycles. The van der Waals surface area contributed by atoms with Gasteiger partial charge in [-0.25, -0.2) is 4.39 Å². The van der Waals surface area contributed by atoms with Gasteiger partial charge in [-0.05, 0) is 35.7 Å². The number of hydrogen-bond acceptors (Lipinski definition) is 2. The van der Waals surface area contributed by atoms with Crippen LogP contribution in [0.3, 0.4) is 0 Å². The number of aryl methyl sites for hydroxylation is 1. The van der Waals surface area contributed by atoms with E-state index in [4.69, 9.17) is 4.74 Å². The molecule has 1 N–H and O–H groups in total. The van der Waals surface area contributed by atoms with Crippen LogP contribution in [0.2, 0.25) is 0 Å². The van der Waals surface area contributed by atoms with Gasteiger partial charge in [-0.3, -0.25) is 4.79 Å². The average molecular weight is 283 g/mol. The van der Waals surface area contributed by atoms with Crippen LogP contribution in [0.5, 0.6) is 5.75 Å². The number of amides is 1. The van der Waals surface area contributed by atoms with E-state index in [0.717, 1.165) is 11.1 Å². The number of halogens is 1. The van der Waals surface area contributed by atoms with Crippen LogP contribution in [-0.4, -0.2) is 12.5 Å². The average Bonchev–Trinajstić information content (AvgIpc) is 2.46. The minimum absolute atomic E-state index is 0.0997. The van der Waals surface area contributed by atoms with Crippen LogP contribution in [0, 0.1) is 12.7 Å². The smallest absolute Gasteiger partial charge is 0.262 e. The van der Waals surface area contributed by atoms with Gasteiger partial charge in [0.15, 0.2) is 18.2 Å². The predicted molar refractivity (Wildman–Crippen MR) is 80.6 cm³/mol. The number of fused-ring (bicyclic) bond motifs is 1. The summed E-state index contributed by atoms with van der Waals surface area (Å²) in [4.78, 5) is 11.3. The van der Waals surface area contributed by atoms with E-state index in [1.54, 1.807) is 6.07 Å². The summed E-state index contributed by atoms with van der Waals surface area (Å²) in [6.07, 6.45) is 3.73. The summed E-state index contributed by atoms with van der Waals surface area (Å²) in [6.45, 7) is 1.86. The van der Waals surface area contributed by atoms with Crippen molar-refractivity contribution < 1.29 is 13.9 Å². The summed E-state index contributed by atoms with van der Waals surface area (Å²) in [5, 5.41) is 2.61. The Kier molecular flexibility index (Phi) is 3.44. The van der Waals surface area contributed by atoms with Crippen molar-refractivity contribution in [1.29, 1.82) is 0 Å². The molecular weight excluding hydrogens is 269 g/mol. The maximum Gasteiger partial charge on any atom is 0.262 e. The van der Waals surface area contributed by atoms with Crippen molar-refractivity contribution >= 4 is 23.7 Å². The molecule has 0 aliphatic carbocycles. The van der Waals surface area contributed by atoms with E-state index in [1.807, 2.05) is 43.3 Å². The third-order valence-corrected chi connectivity index (χ3v) is 3.33. The SMILES string of the molecule is Cc1ccccc1/C=C/c1cc(F)c2c(c1)NC(=O)CO2. The largest absolute Gasteiger partial charge is 0.478 e. The van der Waals surface area contributed by atoms with Crippen LogP contribution < -0.4 is 10.1 Å². The van der Waals surface area contributed by atoms with E-state index in [2.05, 4.69) is 5.32 Å². The number of carbonyl (C=O) groups excluding carboxylic acids is 1. The van der Waals surface area contributed by atoms with Gasteiger partial charge in [-0.15, -0.1) is 0 Å². The van der Waals surface area contributed by atoms with Crippen molar-refractivity contribution in [2.45, 2.75) is 6.92 Å². The van der Waals surface area contributed by atoms with Crippen molar-refractivity contribution in [2.75, 3.05) is 11.9 Å². The highest BCUT2D eigenvalue weighted by Crippen LogP contribution is 2.32. The third kappa shape index (κ3) is 2.79. The highest BCUT2D eigenvalue weighted by atomic mass is 19.1. The van der Waals surface area contributed by atoms with Crippen molar-refractivity contribution in [3.63, 3.8) is 0 Å². The van der Waals surface area contributed by atoms with Crippen molar-refractivity contribution in [3.8, 4) is 5.75 Å². The Hall–Kier alpha value is -2.62. The van der Waals surface area contributed by atoms with E-state index >= 15 is 0 Å². The molecule has 3 nitrogen and oxygen atoms in total. The third-order valence-electron chi connectivity index (χ3n) is 3.33. The monoisotopic (exact) mass is 283 g/mol. The number of hydrogen-bond donors (Lipinski definition) is 1. The van der Waals surface area contributed by atoms with Crippen LogP contribution in [0.25, 0.3) is 12.2 Å². The molecular formula is C17H14FNO2. The maximum atomic E-state index is 14.0. The summed E-state index contributed by atoms with van der Waals surface area (Å²) in [6, 6.07) is 11.0. The normalized spacial score (nSPS) is 13.7. The Morgan fingerprint density at radius 2 is 2.05 bits per heavy atom. The molecule has 0 aromatic heterocycles. The molecule has 0 bridgehead atoms. The second kappa shape index (κ2) is 5.40. The minimum Gasteiger partial charge on any atom is -0.478 e. The zero-order chi connectivity index (χ0) is 14.8. The Balaban J connectivity index is 1.93. The predicted octanol–water partition coefficient (Wildman–Crippen LogP) is 3.64. The summed E-state index contributed by atoms with van der Waals surface area (Å²) < 4.78 is 19.0. The first kappa shape index (κ1) is 13.4. The van der Waals surface area contributed by atoms with Crippen molar-refractivity contribution in [3.05, 3.63) is 58.9 Å². The molecule has 0 radical (unpaired) electrons. The first-order valence-electron chi connectivity index (χ1n) is 6.63. The fraction of sp³-hybridized carbons (Fsp3) is 0.118. The van der Waals surface area contributed by atoms with Crippen LogP contribution in [0.15, 0.2) is 36.4 Å². The van der Waals surface area contributed by atoms with E-state index in [1.165, 1.54) is 6.07 Å². The first-order valence-corrected chi connectivity index (χ1v) is 6.63. The Morgan fingerprint density at radius 1 is 1.24 bits per heavy atom. The fourth-order valence-corrected chi connectivity index (χ4v) is 2.23. The number of ether oxygens (including phenoxy) is 1. The van der Waals surface area contributed by atoms with E-state index < -0.39 is 5.82 Å². The van der Waals surface area contributed by atoms with Crippen molar-refractivity contribution in [2.24, 2.45) is 0 Å². The lowest BCUT2D eigenvalue weighted by atomic mass is 10.1. The Bertz CT molecular complexity index is 738. The van der Waals surface area contributed by atoms with Gasteiger partial charge in [0.1, 0.15) is 0 Å². The maximum absolute atomic E-state index is 14.0. The van der Waals surface area contributed by atoms with Gasteiger partial charge in [0, 0.05) is 0 Å². The molecule has 1 aliphatic heterocycles. The van der Waals surface area contributed by atoms with Gasteiger partial charge in [-0.1, -0.05) is 36.4 Å². The van der Waals surface area contributed by atoms with Crippen LogP contribution in [0.1, 0.15) is 16.7 Å². The van der Waals surface area contributed by atoms with Crippen LogP contribution >= 0.6 is 0 Å². The number of anilines is 1. The van der Waals surface area contributed by atoms with Gasteiger partial charge in [0.2, 0.25) is 0 Å². The van der Waals surface area contributed by atoms with E-state index in [0.29, 0.717) is 11.3 Å². The van der Waals surface area contributed by atoms with Crippen LogP contribution in [0.4, 0.5) is 10.1 Å². The molecule has 0 spiro atoms. The number of benzene rings is 2. The Morgan fingerprint density at radius 3 is 2.86 bits per heavy atom. The second-order valence-electron chi connectivity index (χ2n) is 4.91. The van der Waals surface area contributed by atoms with Gasteiger partial charge in [0.25, 0.3) is 5.91 Å². The summed E-state index contributed by atoms with van der Waals surface area (Å²) in [5.41, 5.74) is 3.25. The standard InChI is InChI=1S/C17H14FNO2/c1-11-4-2-3-5-13(11)7-6-12-8-14(18)17-15(9-12)19-16(20)10-21-17/h2-9H,10H2,1H3,(H,19,20)/b7-6+. The molecule has 3 rings (SSSR count). The molecule has 4 heteroatoms. The molecule has 1 aliphatic rings. The number of nitrogens with one attached hydrogen (secondary N) is 1. The highest BCUT2D eigenvalue weighted by Gasteiger charge is 2.20. The van der Waals surface area contributed by atoms with Gasteiger partial charge >= 0.3 is 0 Å².